The molecule has 1 aliphatic rings. The zero-order valence-electron chi connectivity index (χ0n) is 12.1. The summed E-state index contributed by atoms with van der Waals surface area (Å²) in [5.41, 5.74) is 0.590. The first-order chi connectivity index (χ1) is 9.49. The van der Waals surface area contributed by atoms with Crippen LogP contribution in [0.3, 0.4) is 0 Å². The molecule has 1 N–H and O–H groups in total. The molecule has 110 valence electrons. The zero-order chi connectivity index (χ0) is 14.7. The number of halogens is 1. The van der Waals surface area contributed by atoms with E-state index in [1.807, 2.05) is 6.92 Å². The monoisotopic (exact) mass is 279 g/mol. The van der Waals surface area contributed by atoms with Crippen LogP contribution in [0.5, 0.6) is 0 Å². The van der Waals surface area contributed by atoms with Gasteiger partial charge in [0.1, 0.15) is 5.82 Å². The van der Waals surface area contributed by atoms with E-state index in [0.29, 0.717) is 25.1 Å². The van der Waals surface area contributed by atoms with Crippen molar-refractivity contribution in [1.29, 1.82) is 0 Å². The average molecular weight is 279 g/mol. The predicted octanol–water partition coefficient (Wildman–Crippen LogP) is 2.55. The van der Waals surface area contributed by atoms with Crippen molar-refractivity contribution in [2.45, 2.75) is 38.7 Å². The summed E-state index contributed by atoms with van der Waals surface area (Å²) in [6.45, 7) is 4.94. The lowest BCUT2D eigenvalue weighted by Gasteiger charge is -2.20. The fourth-order valence-corrected chi connectivity index (χ4v) is 2.78. The molecule has 0 aromatic heterocycles. The third kappa shape index (κ3) is 3.37. The minimum absolute atomic E-state index is 0.0453. The third-order valence-corrected chi connectivity index (χ3v) is 4.18. The molecule has 1 saturated heterocycles. The molecule has 1 amide bonds. The average Bonchev–Trinajstić information content (AvgIpc) is 2.88. The number of hydrogen-bond donors (Lipinski definition) is 1. The normalized spacial score (nSPS) is 21.8. The van der Waals surface area contributed by atoms with E-state index in [0.717, 1.165) is 6.42 Å². The topological polar surface area (TPSA) is 40.5 Å². The molecule has 4 heteroatoms. The summed E-state index contributed by atoms with van der Waals surface area (Å²) in [4.78, 5) is 14.0. The molecule has 0 spiro atoms. The number of amides is 1. The first kappa shape index (κ1) is 15.0. The van der Waals surface area contributed by atoms with Gasteiger partial charge in [0.25, 0.3) is 0 Å². The fraction of sp³-hybridized carbons (Fsp3) is 0.562. The summed E-state index contributed by atoms with van der Waals surface area (Å²) in [6, 6.07) is 6.60. The molecule has 3 unspecified atom stereocenters. The van der Waals surface area contributed by atoms with Gasteiger partial charge in [-0.2, -0.15) is 0 Å². The van der Waals surface area contributed by atoms with Gasteiger partial charge in [-0.25, -0.2) is 4.39 Å². The highest BCUT2D eigenvalue weighted by Crippen LogP contribution is 2.25. The zero-order valence-corrected chi connectivity index (χ0v) is 12.1. The van der Waals surface area contributed by atoms with Gasteiger partial charge in [0.2, 0.25) is 5.91 Å². The maximum Gasteiger partial charge on any atom is 0.223 e. The van der Waals surface area contributed by atoms with E-state index in [1.165, 1.54) is 6.07 Å². The number of rotatable bonds is 4. The van der Waals surface area contributed by atoms with Crippen LogP contribution in [0.25, 0.3) is 0 Å². The lowest BCUT2D eigenvalue weighted by Crippen LogP contribution is -2.31. The van der Waals surface area contributed by atoms with Gasteiger partial charge < -0.3 is 10.0 Å². The van der Waals surface area contributed by atoms with Crippen molar-refractivity contribution in [3.05, 3.63) is 35.6 Å². The molecule has 1 aliphatic heterocycles. The molecule has 0 bridgehead atoms. The van der Waals surface area contributed by atoms with Crippen LogP contribution in [0.1, 0.15) is 38.2 Å². The molecule has 0 saturated carbocycles. The minimum atomic E-state index is -0.378. The number of carbonyl (C=O) groups is 1. The van der Waals surface area contributed by atoms with Crippen LogP contribution in [0.15, 0.2) is 24.3 Å². The Bertz CT molecular complexity index is 475. The van der Waals surface area contributed by atoms with E-state index in [9.17, 15) is 14.3 Å². The Morgan fingerprint density at radius 2 is 2.15 bits per heavy atom. The van der Waals surface area contributed by atoms with Gasteiger partial charge in [-0.05, 0) is 30.9 Å². The van der Waals surface area contributed by atoms with Gasteiger partial charge in [0.05, 0.1) is 6.10 Å². The number of likely N-dealkylation sites (tertiary alicyclic amines) is 1. The Morgan fingerprint density at radius 3 is 2.75 bits per heavy atom. The summed E-state index contributed by atoms with van der Waals surface area (Å²) in [5.74, 6) is -0.169. The SMILES string of the molecule is CC(CC(=O)N1CCC(C(C)O)C1)c1ccccc1F. The van der Waals surface area contributed by atoms with Gasteiger partial charge in [-0.15, -0.1) is 0 Å². The number of aliphatic hydroxyl groups is 1. The predicted molar refractivity (Wildman–Crippen MR) is 75.8 cm³/mol. The number of benzene rings is 1. The molecular formula is C16H22FNO2. The first-order valence-electron chi connectivity index (χ1n) is 7.19. The largest absolute Gasteiger partial charge is 0.393 e. The van der Waals surface area contributed by atoms with Gasteiger partial charge in [-0.3, -0.25) is 4.79 Å². The molecule has 3 nitrogen and oxygen atoms in total. The van der Waals surface area contributed by atoms with Crippen molar-refractivity contribution in [2.75, 3.05) is 13.1 Å². The Balaban J connectivity index is 1.94. The molecule has 0 radical (unpaired) electrons. The summed E-state index contributed by atoms with van der Waals surface area (Å²) in [7, 11) is 0. The maximum atomic E-state index is 13.7. The van der Waals surface area contributed by atoms with E-state index >= 15 is 0 Å². The standard InChI is InChI=1S/C16H22FNO2/c1-11(14-5-3-4-6-15(14)17)9-16(20)18-8-7-13(10-18)12(2)19/h3-6,11-13,19H,7-10H2,1-2H3. The van der Waals surface area contributed by atoms with E-state index in [4.69, 9.17) is 0 Å². The van der Waals surface area contributed by atoms with E-state index in [2.05, 4.69) is 0 Å². The lowest BCUT2D eigenvalue weighted by molar-refractivity contribution is -0.130. The van der Waals surface area contributed by atoms with Crippen LogP contribution in [0.2, 0.25) is 0 Å². The molecule has 3 atom stereocenters. The quantitative estimate of drug-likeness (QED) is 0.920. The van der Waals surface area contributed by atoms with Crippen LogP contribution in [0.4, 0.5) is 4.39 Å². The van der Waals surface area contributed by atoms with Gasteiger partial charge in [-0.1, -0.05) is 25.1 Å². The van der Waals surface area contributed by atoms with E-state index in [1.54, 1.807) is 30.0 Å². The number of hydrogen-bond acceptors (Lipinski definition) is 2. The number of carbonyl (C=O) groups excluding carboxylic acids is 1. The second kappa shape index (κ2) is 6.35. The molecule has 0 aliphatic carbocycles. The Morgan fingerprint density at radius 1 is 1.45 bits per heavy atom. The molecule has 1 aromatic rings. The van der Waals surface area contributed by atoms with Crippen LogP contribution in [-0.2, 0) is 4.79 Å². The van der Waals surface area contributed by atoms with Gasteiger partial charge >= 0.3 is 0 Å². The van der Waals surface area contributed by atoms with Crippen LogP contribution >= 0.6 is 0 Å². The Hall–Kier alpha value is -1.42. The van der Waals surface area contributed by atoms with Gasteiger partial charge in [0, 0.05) is 25.4 Å². The first-order valence-corrected chi connectivity index (χ1v) is 7.19. The highest BCUT2D eigenvalue weighted by Gasteiger charge is 2.29. The third-order valence-electron chi connectivity index (χ3n) is 4.18. The van der Waals surface area contributed by atoms with Crippen molar-refractivity contribution in [1.82, 2.24) is 4.90 Å². The van der Waals surface area contributed by atoms with Gasteiger partial charge in [0.15, 0.2) is 0 Å². The smallest absolute Gasteiger partial charge is 0.223 e. The van der Waals surface area contributed by atoms with Crippen molar-refractivity contribution < 1.29 is 14.3 Å². The highest BCUT2D eigenvalue weighted by atomic mass is 19.1. The Kier molecular flexibility index (Phi) is 4.76. The fourth-order valence-electron chi connectivity index (χ4n) is 2.78. The van der Waals surface area contributed by atoms with Crippen molar-refractivity contribution in [3.63, 3.8) is 0 Å². The van der Waals surface area contributed by atoms with E-state index < -0.39 is 0 Å². The van der Waals surface area contributed by atoms with Crippen molar-refractivity contribution >= 4 is 5.91 Å². The summed E-state index contributed by atoms with van der Waals surface area (Å²) < 4.78 is 13.7. The maximum absolute atomic E-state index is 13.7. The Labute approximate surface area is 119 Å². The number of aliphatic hydroxyl groups excluding tert-OH is 1. The molecular weight excluding hydrogens is 257 g/mol. The summed E-state index contributed by atoms with van der Waals surface area (Å²) in [5, 5.41) is 9.56. The highest BCUT2D eigenvalue weighted by molar-refractivity contribution is 5.77. The van der Waals surface area contributed by atoms with Crippen LogP contribution in [-0.4, -0.2) is 35.1 Å². The van der Waals surface area contributed by atoms with E-state index in [-0.39, 0.29) is 29.7 Å². The second-order valence-corrected chi connectivity index (χ2v) is 5.76. The van der Waals surface area contributed by atoms with Crippen LogP contribution in [0, 0.1) is 11.7 Å². The molecule has 1 heterocycles. The molecule has 20 heavy (non-hydrogen) atoms. The summed E-state index contributed by atoms with van der Waals surface area (Å²) in [6.07, 6.45) is 0.780. The summed E-state index contributed by atoms with van der Waals surface area (Å²) >= 11 is 0. The molecule has 2 rings (SSSR count). The van der Waals surface area contributed by atoms with Crippen LogP contribution < -0.4 is 0 Å². The minimum Gasteiger partial charge on any atom is -0.393 e. The molecule has 1 aromatic carbocycles. The lowest BCUT2D eigenvalue weighted by atomic mass is 9.96. The van der Waals surface area contributed by atoms with Crippen molar-refractivity contribution in [3.8, 4) is 0 Å². The molecule has 1 fully saturated rings. The number of nitrogens with zero attached hydrogens (tertiary/aromatic N) is 1. The van der Waals surface area contributed by atoms with Crippen molar-refractivity contribution in [2.24, 2.45) is 5.92 Å². The second-order valence-electron chi connectivity index (χ2n) is 5.76.